The monoisotopic (exact) mass is 331 g/mol. The van der Waals surface area contributed by atoms with E-state index in [1.807, 2.05) is 12.1 Å². The van der Waals surface area contributed by atoms with E-state index in [1.54, 1.807) is 6.92 Å². The van der Waals surface area contributed by atoms with Crippen LogP contribution in [0.25, 0.3) is 0 Å². The quantitative estimate of drug-likeness (QED) is 0.354. The van der Waals surface area contributed by atoms with Crippen LogP contribution in [0.3, 0.4) is 0 Å². The first kappa shape index (κ1) is 18.7. The first-order valence-corrected chi connectivity index (χ1v) is 8.06. The number of hydrogen-bond acceptors (Lipinski definition) is 6. The van der Waals surface area contributed by atoms with Gasteiger partial charge in [0.25, 0.3) is 0 Å². The van der Waals surface area contributed by atoms with Crippen LogP contribution in [0.15, 0.2) is 24.3 Å². The van der Waals surface area contributed by atoms with Gasteiger partial charge in [-0.1, -0.05) is 0 Å². The highest BCUT2D eigenvalue weighted by atomic mass is 32.3. The number of nitrogens with zero attached hydrogens (tertiary/aromatic N) is 1. The van der Waals surface area contributed by atoms with Crippen LogP contribution in [-0.4, -0.2) is 59.2 Å². The van der Waals surface area contributed by atoms with Gasteiger partial charge in [0.05, 0.1) is 27.4 Å². The normalized spacial score (nSPS) is 17.3. The molecule has 22 heavy (non-hydrogen) atoms. The van der Waals surface area contributed by atoms with E-state index in [9.17, 15) is 17.8 Å². The standard InChI is InChI=1S/C13H18NO2.CH4O4S/c1-11(15)12-3-5-13(6-4-12)14(2)7-9-16-10-8-14;1-5-6(2,3)4/h3-6H,7-10H2,1-2H3;1H3,(H,2,3,4)/q+1;/p-1. The fraction of sp³-hybridized carbons (Fsp3) is 0.500. The van der Waals surface area contributed by atoms with Gasteiger partial charge in [-0.15, -0.1) is 0 Å². The first-order valence-electron chi connectivity index (χ1n) is 6.73. The third kappa shape index (κ3) is 5.82. The van der Waals surface area contributed by atoms with Gasteiger partial charge in [0, 0.05) is 5.56 Å². The minimum absolute atomic E-state index is 0.121. The van der Waals surface area contributed by atoms with Gasteiger partial charge in [-0.05, 0) is 31.2 Å². The summed E-state index contributed by atoms with van der Waals surface area (Å²) in [6.45, 7) is 5.22. The Morgan fingerprint density at radius 2 is 1.68 bits per heavy atom. The molecular formula is C14H21NO6S. The lowest BCUT2D eigenvalue weighted by molar-refractivity contribution is 0.0526. The number of benzene rings is 1. The number of morpholine rings is 1. The lowest BCUT2D eigenvalue weighted by Gasteiger charge is -2.37. The van der Waals surface area contributed by atoms with Gasteiger partial charge in [0.15, 0.2) is 5.78 Å². The number of ketones is 1. The topological polar surface area (TPSA) is 92.7 Å². The van der Waals surface area contributed by atoms with Crippen molar-refractivity contribution in [2.45, 2.75) is 6.92 Å². The first-order chi connectivity index (χ1) is 10.2. The van der Waals surface area contributed by atoms with Crippen LogP contribution in [0.1, 0.15) is 17.3 Å². The SMILES string of the molecule is CC(=O)c1ccc([N+]2(C)CCOCC2)cc1.COS(=O)(=O)[O-]. The zero-order valence-electron chi connectivity index (χ0n) is 12.9. The van der Waals surface area contributed by atoms with E-state index in [1.165, 1.54) is 5.69 Å². The van der Waals surface area contributed by atoms with Gasteiger partial charge >= 0.3 is 0 Å². The molecular weight excluding hydrogens is 310 g/mol. The molecule has 7 nitrogen and oxygen atoms in total. The third-order valence-electron chi connectivity index (χ3n) is 3.56. The van der Waals surface area contributed by atoms with E-state index in [4.69, 9.17) is 4.74 Å². The van der Waals surface area contributed by atoms with Gasteiger partial charge in [0.2, 0.25) is 10.4 Å². The van der Waals surface area contributed by atoms with Gasteiger partial charge in [-0.3, -0.25) is 13.5 Å². The van der Waals surface area contributed by atoms with E-state index in [0.717, 1.165) is 43.5 Å². The van der Waals surface area contributed by atoms with Crippen molar-refractivity contribution in [1.82, 2.24) is 4.48 Å². The number of hydrogen-bond donors (Lipinski definition) is 0. The van der Waals surface area contributed by atoms with Crippen molar-refractivity contribution in [3.8, 4) is 0 Å². The second kappa shape index (κ2) is 7.80. The zero-order chi connectivity index (χ0) is 16.8. The zero-order valence-corrected chi connectivity index (χ0v) is 13.8. The maximum Gasteiger partial charge on any atom is 0.217 e. The highest BCUT2D eigenvalue weighted by molar-refractivity contribution is 7.80. The van der Waals surface area contributed by atoms with Crippen LogP contribution in [-0.2, 0) is 19.3 Å². The van der Waals surface area contributed by atoms with Crippen molar-refractivity contribution in [3.05, 3.63) is 29.8 Å². The predicted octanol–water partition coefficient (Wildman–Crippen LogP) is 0.950. The molecule has 0 atom stereocenters. The Morgan fingerprint density at radius 1 is 1.23 bits per heavy atom. The fourth-order valence-electron chi connectivity index (χ4n) is 2.06. The van der Waals surface area contributed by atoms with Crippen molar-refractivity contribution in [2.24, 2.45) is 0 Å². The maximum absolute atomic E-state index is 11.2. The number of carbonyl (C=O) groups is 1. The van der Waals surface area contributed by atoms with Crippen molar-refractivity contribution in [2.75, 3.05) is 40.5 Å². The number of rotatable bonds is 3. The van der Waals surface area contributed by atoms with E-state index >= 15 is 0 Å². The van der Waals surface area contributed by atoms with Crippen LogP contribution in [0.5, 0.6) is 0 Å². The Kier molecular flexibility index (Phi) is 6.64. The molecule has 1 aliphatic rings. The van der Waals surface area contributed by atoms with Gasteiger partial charge in [0.1, 0.15) is 18.8 Å². The molecule has 1 saturated heterocycles. The van der Waals surface area contributed by atoms with Gasteiger partial charge < -0.3 is 9.29 Å². The largest absolute Gasteiger partial charge is 0.726 e. The summed E-state index contributed by atoms with van der Waals surface area (Å²) in [4.78, 5) is 11.2. The third-order valence-corrected chi connectivity index (χ3v) is 3.97. The molecule has 0 radical (unpaired) electrons. The van der Waals surface area contributed by atoms with Crippen molar-refractivity contribution in [3.63, 3.8) is 0 Å². The summed E-state index contributed by atoms with van der Waals surface area (Å²) in [6, 6.07) is 7.94. The molecule has 0 N–H and O–H groups in total. The highest BCUT2D eigenvalue weighted by Gasteiger charge is 2.27. The Labute approximate surface area is 131 Å². The molecule has 1 aliphatic heterocycles. The maximum atomic E-state index is 11.2. The molecule has 124 valence electrons. The van der Waals surface area contributed by atoms with Crippen LogP contribution in [0.2, 0.25) is 0 Å². The average molecular weight is 331 g/mol. The molecule has 0 amide bonds. The molecule has 0 aromatic heterocycles. The summed E-state index contributed by atoms with van der Waals surface area (Å²) in [5.74, 6) is 0.121. The minimum atomic E-state index is -4.41. The van der Waals surface area contributed by atoms with E-state index in [-0.39, 0.29) is 5.78 Å². The summed E-state index contributed by atoms with van der Waals surface area (Å²) < 4.78 is 37.3. The molecule has 0 unspecified atom stereocenters. The van der Waals surface area contributed by atoms with Crippen molar-refractivity contribution < 1.29 is 26.7 Å². The minimum Gasteiger partial charge on any atom is -0.726 e. The van der Waals surface area contributed by atoms with Crippen LogP contribution >= 0.6 is 0 Å². The summed E-state index contributed by atoms with van der Waals surface area (Å²) in [5.41, 5.74) is 2.04. The number of ether oxygens (including phenoxy) is 1. The van der Waals surface area contributed by atoms with E-state index in [0.29, 0.717) is 0 Å². The lowest BCUT2D eigenvalue weighted by atomic mass is 10.1. The molecule has 0 bridgehead atoms. The van der Waals surface area contributed by atoms with Gasteiger partial charge in [-0.25, -0.2) is 8.42 Å². The van der Waals surface area contributed by atoms with E-state index < -0.39 is 10.4 Å². The number of likely N-dealkylation sites (N-methyl/N-ethyl adjacent to an activating group) is 1. The van der Waals surface area contributed by atoms with Crippen LogP contribution < -0.4 is 4.48 Å². The van der Waals surface area contributed by atoms with Crippen molar-refractivity contribution in [1.29, 1.82) is 0 Å². The van der Waals surface area contributed by atoms with Gasteiger partial charge in [-0.2, -0.15) is 0 Å². The molecule has 1 heterocycles. The number of quaternary nitrogens is 1. The predicted molar refractivity (Wildman–Crippen MR) is 81.4 cm³/mol. The highest BCUT2D eigenvalue weighted by Crippen LogP contribution is 2.23. The second-order valence-electron chi connectivity index (χ2n) is 5.13. The molecule has 0 spiro atoms. The fourth-order valence-corrected chi connectivity index (χ4v) is 2.06. The summed E-state index contributed by atoms with van der Waals surface area (Å²) in [5, 5.41) is 0. The molecule has 1 aromatic rings. The van der Waals surface area contributed by atoms with Crippen LogP contribution in [0, 0.1) is 0 Å². The number of Topliss-reactive ketones (excluding diaryl/α,β-unsaturated/α-hetero) is 1. The van der Waals surface area contributed by atoms with E-state index in [2.05, 4.69) is 23.4 Å². The molecule has 2 rings (SSSR count). The Hall–Kier alpha value is -1.32. The smallest absolute Gasteiger partial charge is 0.217 e. The molecule has 8 heteroatoms. The summed E-state index contributed by atoms with van der Waals surface area (Å²) in [7, 11) is -1.39. The number of carbonyl (C=O) groups excluding carboxylic acids is 1. The Balaban J connectivity index is 0.000000346. The Bertz CT molecular complexity index is 590. The molecule has 1 aromatic carbocycles. The Morgan fingerprint density at radius 3 is 2.05 bits per heavy atom. The molecule has 0 saturated carbocycles. The van der Waals surface area contributed by atoms with Crippen molar-refractivity contribution >= 4 is 21.9 Å². The second-order valence-corrected chi connectivity index (χ2v) is 6.28. The molecule has 0 aliphatic carbocycles. The average Bonchev–Trinajstić information content (AvgIpc) is 2.48. The lowest BCUT2D eigenvalue weighted by Crippen LogP contribution is -2.53. The summed E-state index contributed by atoms with van der Waals surface area (Å²) >= 11 is 0. The molecule has 1 fully saturated rings. The summed E-state index contributed by atoms with van der Waals surface area (Å²) in [6.07, 6.45) is 0. The van der Waals surface area contributed by atoms with Crippen LogP contribution in [0.4, 0.5) is 5.69 Å².